The molecule has 0 spiro atoms. The van der Waals surface area contributed by atoms with Gasteiger partial charge in [-0.3, -0.25) is 18.9 Å². The Balaban J connectivity index is 1.36. The molecule has 5 rings (SSSR count). The molecule has 0 bridgehead atoms. The van der Waals surface area contributed by atoms with Crippen LogP contribution in [-0.2, 0) is 18.6 Å². The number of nitrogen functional groups attached to an aromatic ring is 1. The lowest BCUT2D eigenvalue weighted by Gasteiger charge is -2.21. The number of nitrogens with one attached hydrogen (secondary N) is 1. The highest BCUT2D eigenvalue weighted by Gasteiger charge is 2.47. The van der Waals surface area contributed by atoms with Gasteiger partial charge in [0.05, 0.1) is 19.5 Å². The molecule has 0 radical (unpaired) electrons. The lowest BCUT2D eigenvalue weighted by molar-refractivity contribution is -0.0641. The van der Waals surface area contributed by atoms with Crippen LogP contribution in [0.15, 0.2) is 35.4 Å². The number of rotatable bonds is 8. The second-order valence-electron chi connectivity index (χ2n) is 7.93. The number of benzene rings is 1. The Kier molecular flexibility index (Phi) is 6.53. The smallest absolute Gasteiger partial charge is 0.454 e. The number of ether oxygens (including phenoxy) is 4. The summed E-state index contributed by atoms with van der Waals surface area (Å²) in [6, 6.07) is 5.42. The SMILES string of the molecule is Nc1nc2c(ncn2[C@@H]2O[C@H](COP(=O)(O)O)[C@@H](O)[C@H]2OCC=Cc2ccc3c(c2)OCO3)c(=O)[nH]1. The fourth-order valence-electron chi connectivity index (χ4n) is 3.93. The van der Waals surface area contributed by atoms with Crippen LogP contribution in [-0.4, -0.2) is 72.7 Å². The molecule has 1 fully saturated rings. The second-order valence-corrected chi connectivity index (χ2v) is 9.17. The number of imidazole rings is 1. The van der Waals surface area contributed by atoms with Gasteiger partial charge < -0.3 is 39.6 Å². The van der Waals surface area contributed by atoms with E-state index in [0.717, 1.165) is 5.56 Å². The van der Waals surface area contributed by atoms with Crippen LogP contribution in [0.25, 0.3) is 17.2 Å². The van der Waals surface area contributed by atoms with E-state index < -0.39 is 44.5 Å². The van der Waals surface area contributed by atoms with Crippen molar-refractivity contribution in [3.8, 4) is 11.5 Å². The van der Waals surface area contributed by atoms with E-state index >= 15 is 0 Å². The van der Waals surface area contributed by atoms with E-state index in [0.29, 0.717) is 11.5 Å². The van der Waals surface area contributed by atoms with Crippen LogP contribution in [0.4, 0.5) is 5.95 Å². The average molecular weight is 523 g/mol. The van der Waals surface area contributed by atoms with Crippen LogP contribution in [0.1, 0.15) is 11.8 Å². The zero-order valence-corrected chi connectivity index (χ0v) is 19.4. The van der Waals surface area contributed by atoms with Gasteiger partial charge in [0.1, 0.15) is 18.3 Å². The van der Waals surface area contributed by atoms with Crippen molar-refractivity contribution in [3.05, 3.63) is 46.5 Å². The number of anilines is 1. The number of phosphoric ester groups is 1. The normalized spacial score (nSPS) is 23.8. The minimum atomic E-state index is -4.82. The summed E-state index contributed by atoms with van der Waals surface area (Å²) in [6.07, 6.45) is 0.129. The maximum absolute atomic E-state index is 12.2. The van der Waals surface area contributed by atoms with Crippen molar-refractivity contribution in [2.45, 2.75) is 24.5 Å². The molecule has 0 saturated carbocycles. The summed E-state index contributed by atoms with van der Waals surface area (Å²) < 4.78 is 39.4. The lowest BCUT2D eigenvalue weighted by atomic mass is 10.1. The van der Waals surface area contributed by atoms with Gasteiger partial charge >= 0.3 is 7.82 Å². The first kappa shape index (κ1) is 24.4. The Morgan fingerprint density at radius 3 is 2.92 bits per heavy atom. The Morgan fingerprint density at radius 2 is 2.11 bits per heavy atom. The highest BCUT2D eigenvalue weighted by atomic mass is 31.2. The standard InChI is InChI=1S/C20H22N5O10P/c21-20-23-17-14(18(27)24-20)22-8-25(17)19-16(15(26)13(35-19)7-34-36(28,29)30)31-5-1-2-10-3-4-11-12(6-10)33-9-32-11/h1-4,6,8,13,15-16,19,26H,5,7,9H2,(H2,28,29,30)(H3,21,23,24,27)/t13-,15-,16-,19-/m1/s1. The third kappa shape index (κ3) is 4.99. The Bertz CT molecular complexity index is 1400. The number of aromatic amines is 1. The minimum Gasteiger partial charge on any atom is -0.454 e. The molecule has 4 atom stereocenters. The van der Waals surface area contributed by atoms with Crippen LogP contribution in [0.5, 0.6) is 11.5 Å². The molecule has 15 nitrogen and oxygen atoms in total. The maximum atomic E-state index is 12.2. The number of hydrogen-bond acceptors (Lipinski definition) is 11. The molecule has 0 amide bonds. The first-order valence-corrected chi connectivity index (χ1v) is 12.2. The van der Waals surface area contributed by atoms with E-state index in [4.69, 9.17) is 34.5 Å². The quantitative estimate of drug-likeness (QED) is 0.244. The zero-order chi connectivity index (χ0) is 25.4. The number of fused-ring (bicyclic) bond motifs is 2. The van der Waals surface area contributed by atoms with Crippen LogP contribution in [0.3, 0.4) is 0 Å². The van der Waals surface area contributed by atoms with Gasteiger partial charge in [-0.2, -0.15) is 4.98 Å². The number of nitrogens with two attached hydrogens (primary N) is 1. The summed E-state index contributed by atoms with van der Waals surface area (Å²) in [5.41, 5.74) is 5.98. The first-order chi connectivity index (χ1) is 17.2. The third-order valence-corrected chi connectivity index (χ3v) is 6.02. The predicted octanol–water partition coefficient (Wildman–Crippen LogP) is -0.103. The van der Waals surface area contributed by atoms with E-state index in [1.54, 1.807) is 24.3 Å². The highest BCUT2D eigenvalue weighted by Crippen LogP contribution is 2.39. The maximum Gasteiger partial charge on any atom is 0.469 e. The van der Waals surface area contributed by atoms with Gasteiger partial charge in [-0.1, -0.05) is 18.2 Å². The van der Waals surface area contributed by atoms with Gasteiger partial charge in [-0.05, 0) is 17.7 Å². The van der Waals surface area contributed by atoms with Crippen molar-refractivity contribution < 1.29 is 42.9 Å². The van der Waals surface area contributed by atoms with Gasteiger partial charge in [0.2, 0.25) is 12.7 Å². The average Bonchev–Trinajstić information content (AvgIpc) is 3.52. The predicted molar refractivity (Wildman–Crippen MR) is 122 cm³/mol. The number of aromatic nitrogens is 4. The zero-order valence-electron chi connectivity index (χ0n) is 18.5. The largest absolute Gasteiger partial charge is 0.469 e. The summed E-state index contributed by atoms with van der Waals surface area (Å²) in [4.78, 5) is 40.7. The highest BCUT2D eigenvalue weighted by molar-refractivity contribution is 7.46. The molecule has 2 aliphatic heterocycles. The van der Waals surface area contributed by atoms with Crippen molar-refractivity contribution in [2.24, 2.45) is 0 Å². The lowest BCUT2D eigenvalue weighted by Crippen LogP contribution is -2.36. The molecule has 6 N–H and O–H groups in total. The van der Waals surface area contributed by atoms with Gasteiger partial charge in [0, 0.05) is 0 Å². The monoisotopic (exact) mass is 523 g/mol. The Morgan fingerprint density at radius 1 is 1.31 bits per heavy atom. The molecule has 3 aromatic rings. The van der Waals surface area contributed by atoms with Gasteiger partial charge in [-0.25, -0.2) is 9.55 Å². The third-order valence-electron chi connectivity index (χ3n) is 5.54. The molecule has 36 heavy (non-hydrogen) atoms. The number of aliphatic hydroxyl groups excluding tert-OH is 1. The van der Waals surface area contributed by atoms with E-state index in [1.165, 1.54) is 10.9 Å². The van der Waals surface area contributed by atoms with E-state index in [2.05, 4.69) is 19.5 Å². The van der Waals surface area contributed by atoms with Gasteiger partial charge in [-0.15, -0.1) is 0 Å². The minimum absolute atomic E-state index is 0.0151. The fourth-order valence-corrected chi connectivity index (χ4v) is 4.27. The molecular weight excluding hydrogens is 501 g/mol. The van der Waals surface area contributed by atoms with Crippen molar-refractivity contribution in [2.75, 3.05) is 25.7 Å². The van der Waals surface area contributed by atoms with Crippen LogP contribution in [0.2, 0.25) is 0 Å². The van der Waals surface area contributed by atoms with Crippen molar-refractivity contribution in [1.82, 2.24) is 19.5 Å². The molecule has 16 heteroatoms. The molecule has 1 aromatic carbocycles. The summed E-state index contributed by atoms with van der Waals surface area (Å²) in [6.45, 7) is -0.419. The van der Waals surface area contributed by atoms with Crippen molar-refractivity contribution >= 4 is 31.0 Å². The second kappa shape index (κ2) is 9.63. The molecule has 0 unspecified atom stereocenters. The van der Waals surface area contributed by atoms with Crippen molar-refractivity contribution in [3.63, 3.8) is 0 Å². The molecular formula is C20H22N5O10P. The number of nitrogens with zero attached hydrogens (tertiary/aromatic N) is 3. The van der Waals surface area contributed by atoms with E-state index in [9.17, 15) is 14.5 Å². The Hall–Kier alpha value is -3.30. The summed E-state index contributed by atoms with van der Waals surface area (Å²) >= 11 is 0. The van der Waals surface area contributed by atoms with Crippen LogP contribution in [0, 0.1) is 0 Å². The topological polar surface area (TPSA) is 213 Å². The van der Waals surface area contributed by atoms with E-state index in [1.807, 2.05) is 6.07 Å². The first-order valence-electron chi connectivity index (χ1n) is 10.6. The summed E-state index contributed by atoms with van der Waals surface area (Å²) in [7, 11) is -4.82. The molecule has 0 aliphatic carbocycles. The summed E-state index contributed by atoms with van der Waals surface area (Å²) in [5, 5.41) is 10.8. The van der Waals surface area contributed by atoms with Gasteiger partial charge in [0.25, 0.3) is 5.56 Å². The van der Waals surface area contributed by atoms with Crippen LogP contribution >= 0.6 is 7.82 Å². The molecule has 192 valence electrons. The molecule has 4 heterocycles. The number of H-pyrrole nitrogens is 1. The van der Waals surface area contributed by atoms with Gasteiger partial charge in [0.15, 0.2) is 28.9 Å². The number of aliphatic hydroxyl groups is 1. The molecule has 1 saturated heterocycles. The summed E-state index contributed by atoms with van der Waals surface area (Å²) in [5.74, 6) is 1.12. The number of phosphoric acid groups is 1. The van der Waals surface area contributed by atoms with Crippen molar-refractivity contribution in [1.29, 1.82) is 0 Å². The molecule has 2 aliphatic rings. The Labute approximate surface area is 202 Å². The fraction of sp³-hybridized carbons (Fsp3) is 0.350. The van der Waals surface area contributed by atoms with Crippen LogP contribution < -0.4 is 20.8 Å². The number of hydrogen-bond donors (Lipinski definition) is 5. The molecule has 2 aromatic heterocycles. The van der Waals surface area contributed by atoms with E-state index in [-0.39, 0.29) is 30.5 Å².